The molecule has 1 aliphatic rings. The third-order valence-corrected chi connectivity index (χ3v) is 5.47. The predicted molar refractivity (Wildman–Crippen MR) is 99.6 cm³/mol. The quantitative estimate of drug-likeness (QED) is 0.661. The second kappa shape index (κ2) is 6.56. The Bertz CT molecular complexity index is 955. The topological polar surface area (TPSA) is 46.9 Å². The van der Waals surface area contributed by atoms with Gasteiger partial charge < -0.3 is 9.88 Å². The van der Waals surface area contributed by atoms with Crippen LogP contribution >= 0.6 is 23.2 Å². The molecule has 1 aliphatic carbocycles. The molecule has 1 saturated carbocycles. The van der Waals surface area contributed by atoms with Crippen molar-refractivity contribution in [2.24, 2.45) is 5.92 Å². The number of rotatable bonds is 5. The molecule has 0 saturated heterocycles. The molecule has 2 atom stereocenters. The fourth-order valence-corrected chi connectivity index (χ4v) is 3.56. The largest absolute Gasteiger partial charge is 0.347 e. The summed E-state index contributed by atoms with van der Waals surface area (Å²) in [6.07, 6.45) is 2.17. The van der Waals surface area contributed by atoms with Crippen molar-refractivity contribution < 1.29 is 9.18 Å². The normalized spacial score (nSPS) is 19.3. The van der Waals surface area contributed by atoms with Gasteiger partial charge in [0.15, 0.2) is 0 Å². The highest BCUT2D eigenvalue weighted by Crippen LogP contribution is 2.53. The Labute approximate surface area is 159 Å². The zero-order valence-electron chi connectivity index (χ0n) is 13.7. The molecule has 1 fully saturated rings. The Morgan fingerprint density at radius 2 is 1.96 bits per heavy atom. The van der Waals surface area contributed by atoms with Gasteiger partial charge >= 0.3 is 0 Å². The van der Waals surface area contributed by atoms with Gasteiger partial charge in [0.05, 0.1) is 29.3 Å². The Morgan fingerprint density at radius 1 is 1.27 bits per heavy atom. The van der Waals surface area contributed by atoms with E-state index in [1.165, 1.54) is 12.1 Å². The fraction of sp³-hybridized carbons (Fsp3) is 0.263. The molecule has 1 heterocycles. The number of carbonyl (C=O) groups is 1. The fourth-order valence-electron chi connectivity index (χ4n) is 3.05. The second-order valence-electron chi connectivity index (χ2n) is 6.52. The molecule has 3 aromatic rings. The summed E-state index contributed by atoms with van der Waals surface area (Å²) in [6, 6.07) is 13.5. The lowest BCUT2D eigenvalue weighted by atomic mass is 10.1. The lowest BCUT2D eigenvalue weighted by Gasteiger charge is -2.20. The number of fused-ring (bicyclic) bond motifs is 1. The van der Waals surface area contributed by atoms with Gasteiger partial charge in [0.25, 0.3) is 0 Å². The van der Waals surface area contributed by atoms with Crippen LogP contribution in [0.3, 0.4) is 0 Å². The van der Waals surface area contributed by atoms with E-state index >= 15 is 0 Å². The number of amides is 1. The van der Waals surface area contributed by atoms with Crippen LogP contribution in [0.2, 0.25) is 0 Å². The SMILES string of the molecule is O=C(NC(Cn1cnc2ccccc21)c1ccc(F)cc1)C1CC1(Cl)Cl. The molecule has 0 bridgehead atoms. The van der Waals surface area contributed by atoms with Gasteiger partial charge in [0.2, 0.25) is 5.91 Å². The van der Waals surface area contributed by atoms with Crippen LogP contribution in [0, 0.1) is 11.7 Å². The van der Waals surface area contributed by atoms with Gasteiger partial charge in [0, 0.05) is 6.54 Å². The zero-order chi connectivity index (χ0) is 18.3. The van der Waals surface area contributed by atoms with Gasteiger partial charge in [-0.15, -0.1) is 23.2 Å². The third kappa shape index (κ3) is 3.41. The minimum Gasteiger partial charge on any atom is -0.347 e. The van der Waals surface area contributed by atoms with Crippen molar-refractivity contribution >= 4 is 40.1 Å². The number of carbonyl (C=O) groups excluding carboxylic acids is 1. The minimum absolute atomic E-state index is 0.200. The average molecular weight is 392 g/mol. The lowest BCUT2D eigenvalue weighted by molar-refractivity contribution is -0.123. The van der Waals surface area contributed by atoms with E-state index in [-0.39, 0.29) is 17.8 Å². The van der Waals surface area contributed by atoms with Crippen LogP contribution in [0.15, 0.2) is 54.9 Å². The molecular formula is C19H16Cl2FN3O. The van der Waals surface area contributed by atoms with E-state index in [0.717, 1.165) is 16.6 Å². The minimum atomic E-state index is -0.987. The molecule has 7 heteroatoms. The molecule has 0 spiro atoms. The van der Waals surface area contributed by atoms with E-state index in [9.17, 15) is 9.18 Å². The van der Waals surface area contributed by atoms with Crippen molar-refractivity contribution in [3.8, 4) is 0 Å². The Balaban J connectivity index is 1.62. The van der Waals surface area contributed by atoms with Crippen LogP contribution in [-0.2, 0) is 11.3 Å². The van der Waals surface area contributed by atoms with Crippen molar-refractivity contribution in [2.45, 2.75) is 23.3 Å². The van der Waals surface area contributed by atoms with Crippen molar-refractivity contribution in [1.82, 2.24) is 14.9 Å². The summed E-state index contributed by atoms with van der Waals surface area (Å²) in [5, 5.41) is 2.99. The smallest absolute Gasteiger partial charge is 0.226 e. The highest BCUT2D eigenvalue weighted by Gasteiger charge is 2.56. The maximum absolute atomic E-state index is 13.3. The molecule has 4 rings (SSSR count). The molecule has 0 aliphatic heterocycles. The zero-order valence-corrected chi connectivity index (χ0v) is 15.2. The molecule has 4 nitrogen and oxygen atoms in total. The van der Waals surface area contributed by atoms with Crippen molar-refractivity contribution in [3.63, 3.8) is 0 Å². The summed E-state index contributed by atoms with van der Waals surface area (Å²) in [6.45, 7) is 0.460. The van der Waals surface area contributed by atoms with Crippen LogP contribution in [0.4, 0.5) is 4.39 Å². The number of hydrogen-bond acceptors (Lipinski definition) is 2. The molecule has 1 amide bonds. The van der Waals surface area contributed by atoms with E-state index < -0.39 is 10.3 Å². The Hall–Kier alpha value is -2.11. The van der Waals surface area contributed by atoms with E-state index in [0.29, 0.717) is 13.0 Å². The lowest BCUT2D eigenvalue weighted by Crippen LogP contribution is -2.33. The van der Waals surface area contributed by atoms with Gasteiger partial charge in [0.1, 0.15) is 10.2 Å². The number of benzene rings is 2. The number of alkyl halides is 2. The van der Waals surface area contributed by atoms with Crippen LogP contribution in [0.1, 0.15) is 18.0 Å². The van der Waals surface area contributed by atoms with Crippen molar-refractivity contribution in [2.75, 3.05) is 0 Å². The summed E-state index contributed by atoms with van der Waals surface area (Å²) < 4.78 is 14.3. The molecule has 26 heavy (non-hydrogen) atoms. The molecular weight excluding hydrogens is 376 g/mol. The number of para-hydroxylation sites is 2. The monoisotopic (exact) mass is 391 g/mol. The molecule has 2 unspecified atom stereocenters. The summed E-state index contributed by atoms with van der Waals surface area (Å²) in [5.41, 5.74) is 2.64. The first-order valence-electron chi connectivity index (χ1n) is 8.27. The first-order valence-corrected chi connectivity index (χ1v) is 9.03. The van der Waals surface area contributed by atoms with Crippen LogP contribution in [0.25, 0.3) is 11.0 Å². The van der Waals surface area contributed by atoms with Gasteiger partial charge in [-0.25, -0.2) is 9.37 Å². The van der Waals surface area contributed by atoms with Gasteiger partial charge in [-0.05, 0) is 36.2 Å². The first-order chi connectivity index (χ1) is 12.4. The number of nitrogens with zero attached hydrogens (tertiary/aromatic N) is 2. The number of halogens is 3. The maximum Gasteiger partial charge on any atom is 0.226 e. The highest BCUT2D eigenvalue weighted by molar-refractivity contribution is 6.52. The van der Waals surface area contributed by atoms with Gasteiger partial charge in [-0.2, -0.15) is 0 Å². The summed E-state index contributed by atoms with van der Waals surface area (Å²) in [4.78, 5) is 16.9. The summed E-state index contributed by atoms with van der Waals surface area (Å²) in [5.74, 6) is -0.948. The number of hydrogen-bond donors (Lipinski definition) is 1. The molecule has 0 radical (unpaired) electrons. The second-order valence-corrected chi connectivity index (χ2v) is 8.06. The maximum atomic E-state index is 13.3. The predicted octanol–water partition coefficient (Wildman–Crippen LogP) is 4.23. The van der Waals surface area contributed by atoms with E-state index in [1.54, 1.807) is 18.5 Å². The van der Waals surface area contributed by atoms with Crippen LogP contribution < -0.4 is 5.32 Å². The molecule has 1 N–H and O–H groups in total. The Morgan fingerprint density at radius 3 is 2.65 bits per heavy atom. The standard InChI is InChI=1S/C19H16Cl2FN3O/c20-19(21)9-14(19)18(26)24-16(12-5-7-13(22)8-6-12)10-25-11-23-15-3-1-2-4-17(15)25/h1-8,11,14,16H,9-10H2,(H,24,26). The first kappa shape index (κ1) is 17.3. The van der Waals surface area contributed by atoms with E-state index in [4.69, 9.17) is 23.2 Å². The van der Waals surface area contributed by atoms with E-state index in [1.807, 2.05) is 28.8 Å². The summed E-state index contributed by atoms with van der Waals surface area (Å²) >= 11 is 12.0. The molecule has 2 aromatic carbocycles. The van der Waals surface area contributed by atoms with Crippen LogP contribution in [-0.4, -0.2) is 19.8 Å². The Kier molecular flexibility index (Phi) is 4.37. The van der Waals surface area contributed by atoms with Crippen molar-refractivity contribution in [1.29, 1.82) is 0 Å². The molecule has 134 valence electrons. The number of nitrogens with one attached hydrogen (secondary N) is 1. The van der Waals surface area contributed by atoms with E-state index in [2.05, 4.69) is 10.3 Å². The number of aromatic nitrogens is 2. The molecule has 1 aromatic heterocycles. The average Bonchev–Trinajstić information content (AvgIpc) is 3.09. The van der Waals surface area contributed by atoms with Crippen LogP contribution in [0.5, 0.6) is 0 Å². The van der Waals surface area contributed by atoms with Crippen molar-refractivity contribution in [3.05, 3.63) is 66.2 Å². The number of imidazole rings is 1. The third-order valence-electron chi connectivity index (χ3n) is 4.64. The highest BCUT2D eigenvalue weighted by atomic mass is 35.5. The van der Waals surface area contributed by atoms with Gasteiger partial charge in [-0.3, -0.25) is 4.79 Å². The van der Waals surface area contributed by atoms with Gasteiger partial charge in [-0.1, -0.05) is 24.3 Å². The summed E-state index contributed by atoms with van der Waals surface area (Å²) in [7, 11) is 0.